The lowest BCUT2D eigenvalue weighted by Crippen LogP contribution is -2.38. The van der Waals surface area contributed by atoms with Gasteiger partial charge in [-0.05, 0) is 23.3 Å². The third-order valence-electron chi connectivity index (χ3n) is 4.65. The summed E-state index contributed by atoms with van der Waals surface area (Å²) in [6, 6.07) is 14.4. The molecule has 0 atom stereocenters. The maximum Gasteiger partial charge on any atom is 0.285 e. The molecule has 1 aliphatic rings. The van der Waals surface area contributed by atoms with E-state index in [1.54, 1.807) is 41.2 Å². The van der Waals surface area contributed by atoms with Crippen molar-refractivity contribution < 1.29 is 13.2 Å². The Balaban J connectivity index is 1.37. The van der Waals surface area contributed by atoms with E-state index in [-0.39, 0.29) is 23.2 Å². The molecule has 0 spiro atoms. The number of rotatable bonds is 6. The first kappa shape index (κ1) is 19.8. The van der Waals surface area contributed by atoms with Gasteiger partial charge < -0.3 is 10.2 Å². The predicted molar refractivity (Wildman–Crippen MR) is 110 cm³/mol. The Labute approximate surface area is 174 Å². The predicted octanol–water partition coefficient (Wildman–Crippen LogP) is 1.02. The fourth-order valence-corrected chi connectivity index (χ4v) is 4.50. The van der Waals surface area contributed by atoms with Gasteiger partial charge in [-0.2, -0.15) is 13.5 Å². The number of nitrogens with zero attached hydrogens (tertiary/aromatic N) is 5. The summed E-state index contributed by atoms with van der Waals surface area (Å²) < 4.78 is 29.9. The molecular formula is C20H20N6O3S. The van der Waals surface area contributed by atoms with Crippen LogP contribution in [0.4, 0.5) is 0 Å². The molecule has 9 nitrogen and oxygen atoms in total. The number of amidine groups is 1. The second kappa shape index (κ2) is 8.07. The van der Waals surface area contributed by atoms with Crippen LogP contribution in [-0.2, 0) is 27.9 Å². The van der Waals surface area contributed by atoms with Gasteiger partial charge in [0, 0.05) is 19.2 Å². The van der Waals surface area contributed by atoms with Gasteiger partial charge in [0.05, 0.1) is 13.1 Å². The van der Waals surface area contributed by atoms with Crippen LogP contribution in [0.3, 0.4) is 0 Å². The molecule has 154 valence electrons. The Morgan fingerprint density at radius 3 is 2.73 bits per heavy atom. The molecule has 3 aromatic rings. The zero-order chi connectivity index (χ0) is 21.1. The summed E-state index contributed by atoms with van der Waals surface area (Å²) >= 11 is 0. The summed E-state index contributed by atoms with van der Waals surface area (Å²) in [4.78, 5) is 18.0. The van der Waals surface area contributed by atoms with Gasteiger partial charge in [0.25, 0.3) is 10.0 Å². The van der Waals surface area contributed by atoms with Crippen LogP contribution >= 0.6 is 0 Å². The van der Waals surface area contributed by atoms with Crippen LogP contribution in [0.1, 0.15) is 16.7 Å². The largest absolute Gasteiger partial charge is 0.350 e. The molecule has 0 saturated heterocycles. The van der Waals surface area contributed by atoms with Crippen molar-refractivity contribution in [2.75, 3.05) is 13.6 Å². The number of sulfonamides is 1. The smallest absolute Gasteiger partial charge is 0.285 e. The van der Waals surface area contributed by atoms with Gasteiger partial charge in [-0.1, -0.05) is 36.4 Å². The summed E-state index contributed by atoms with van der Waals surface area (Å²) in [5.41, 5.74) is 2.51. The average molecular weight is 424 g/mol. The molecule has 30 heavy (non-hydrogen) atoms. The maximum atomic E-state index is 12.4. The van der Waals surface area contributed by atoms with E-state index in [2.05, 4.69) is 19.8 Å². The number of carbonyl (C=O) groups is 1. The number of likely N-dealkylation sites (N-methyl/N-ethyl adjacent to an activating group) is 1. The molecule has 1 N–H and O–H groups in total. The molecule has 2 aromatic carbocycles. The van der Waals surface area contributed by atoms with Crippen molar-refractivity contribution in [1.29, 1.82) is 0 Å². The van der Waals surface area contributed by atoms with E-state index in [9.17, 15) is 13.2 Å². The Bertz CT molecular complexity index is 1200. The minimum absolute atomic E-state index is 0.0126. The molecule has 0 fully saturated rings. The fraction of sp³-hybridized carbons (Fsp3) is 0.200. The van der Waals surface area contributed by atoms with Crippen LogP contribution in [0.15, 0.2) is 70.5 Å². The molecule has 0 unspecified atom stereocenters. The van der Waals surface area contributed by atoms with E-state index in [4.69, 9.17) is 0 Å². The topological polar surface area (TPSA) is 110 Å². The van der Waals surface area contributed by atoms with Crippen molar-refractivity contribution in [3.8, 4) is 0 Å². The number of hydrogen-bond donors (Lipinski definition) is 1. The Morgan fingerprint density at radius 1 is 1.13 bits per heavy atom. The van der Waals surface area contributed by atoms with Crippen molar-refractivity contribution in [1.82, 2.24) is 25.0 Å². The molecule has 4 rings (SSSR count). The number of amides is 1. The Hall–Kier alpha value is -3.53. The van der Waals surface area contributed by atoms with Crippen LogP contribution < -0.4 is 5.32 Å². The lowest BCUT2D eigenvalue weighted by atomic mass is 10.1. The van der Waals surface area contributed by atoms with Gasteiger partial charge >= 0.3 is 0 Å². The quantitative estimate of drug-likeness (QED) is 0.633. The summed E-state index contributed by atoms with van der Waals surface area (Å²) in [7, 11) is -2.07. The standard InChI is InChI=1S/C20H20N6O3S/c1-25(20-17-7-2-3-8-18(17)30(28,29)24-20)12-19(27)22-10-15-5-4-6-16(9-15)11-26-14-21-13-23-26/h2-9,13-14H,10-12H2,1H3,(H,22,27). The number of hydrogen-bond acceptors (Lipinski definition) is 6. The minimum Gasteiger partial charge on any atom is -0.350 e. The molecule has 0 radical (unpaired) electrons. The highest BCUT2D eigenvalue weighted by Gasteiger charge is 2.30. The summed E-state index contributed by atoms with van der Waals surface area (Å²) in [5.74, 6) is 0.0410. The first-order chi connectivity index (χ1) is 14.4. The van der Waals surface area contributed by atoms with Gasteiger partial charge in [-0.15, -0.1) is 4.40 Å². The van der Waals surface area contributed by atoms with Gasteiger partial charge in [-0.25, -0.2) is 9.67 Å². The number of aromatic nitrogens is 3. The van der Waals surface area contributed by atoms with E-state index in [0.717, 1.165) is 11.1 Å². The van der Waals surface area contributed by atoms with Crippen LogP contribution in [0.5, 0.6) is 0 Å². The third kappa shape index (κ3) is 4.23. The molecule has 1 aromatic heterocycles. The number of benzene rings is 2. The fourth-order valence-electron chi connectivity index (χ4n) is 3.25. The average Bonchev–Trinajstić information content (AvgIpc) is 3.33. The van der Waals surface area contributed by atoms with Crippen molar-refractivity contribution >= 4 is 21.8 Å². The van der Waals surface area contributed by atoms with E-state index >= 15 is 0 Å². The summed E-state index contributed by atoms with van der Waals surface area (Å²) in [5, 5.41) is 6.95. The minimum atomic E-state index is -3.71. The van der Waals surface area contributed by atoms with Crippen LogP contribution in [-0.4, -0.2) is 53.4 Å². The third-order valence-corrected chi connectivity index (χ3v) is 5.97. The van der Waals surface area contributed by atoms with Crippen molar-refractivity contribution in [2.24, 2.45) is 4.40 Å². The second-order valence-electron chi connectivity index (χ2n) is 6.93. The normalized spacial score (nSPS) is 14.1. The van der Waals surface area contributed by atoms with Crippen LogP contribution in [0, 0.1) is 0 Å². The van der Waals surface area contributed by atoms with Gasteiger partial charge in [0.1, 0.15) is 17.6 Å². The zero-order valence-electron chi connectivity index (χ0n) is 16.3. The molecule has 1 aliphatic heterocycles. The van der Waals surface area contributed by atoms with Gasteiger partial charge in [-0.3, -0.25) is 4.79 Å². The van der Waals surface area contributed by atoms with Crippen LogP contribution in [0.2, 0.25) is 0 Å². The SMILES string of the molecule is CN(CC(=O)NCc1cccc(Cn2cncn2)c1)C1=NS(=O)(=O)c2ccccc21. The molecule has 1 amide bonds. The number of nitrogens with one attached hydrogen (secondary N) is 1. The maximum absolute atomic E-state index is 12.4. The molecular weight excluding hydrogens is 404 g/mol. The Kier molecular flexibility index (Phi) is 5.32. The van der Waals surface area contributed by atoms with Crippen molar-refractivity contribution in [3.63, 3.8) is 0 Å². The van der Waals surface area contributed by atoms with E-state index in [1.807, 2.05) is 24.3 Å². The van der Waals surface area contributed by atoms with Crippen LogP contribution in [0.25, 0.3) is 0 Å². The molecule has 10 heteroatoms. The zero-order valence-corrected chi connectivity index (χ0v) is 17.1. The first-order valence-corrected chi connectivity index (χ1v) is 10.7. The number of carbonyl (C=O) groups excluding carboxylic acids is 1. The van der Waals surface area contributed by atoms with E-state index in [1.165, 1.54) is 12.4 Å². The summed E-state index contributed by atoms with van der Waals surface area (Å²) in [6.45, 7) is 0.943. The Morgan fingerprint density at radius 2 is 1.93 bits per heavy atom. The van der Waals surface area contributed by atoms with Gasteiger partial charge in [0.15, 0.2) is 5.84 Å². The second-order valence-corrected chi connectivity index (χ2v) is 8.50. The highest BCUT2D eigenvalue weighted by atomic mass is 32.2. The van der Waals surface area contributed by atoms with Gasteiger partial charge in [0.2, 0.25) is 5.91 Å². The van der Waals surface area contributed by atoms with Crippen molar-refractivity contribution in [2.45, 2.75) is 18.0 Å². The number of fused-ring (bicyclic) bond motifs is 1. The highest BCUT2D eigenvalue weighted by Crippen LogP contribution is 2.26. The van der Waals surface area contributed by atoms with Crippen molar-refractivity contribution in [3.05, 3.63) is 77.9 Å². The lowest BCUT2D eigenvalue weighted by molar-refractivity contribution is -0.121. The summed E-state index contributed by atoms with van der Waals surface area (Å²) in [6.07, 6.45) is 3.13. The molecule has 0 bridgehead atoms. The molecule has 0 saturated carbocycles. The lowest BCUT2D eigenvalue weighted by Gasteiger charge is -2.18. The van der Waals surface area contributed by atoms with E-state index < -0.39 is 10.0 Å². The highest BCUT2D eigenvalue weighted by molar-refractivity contribution is 7.90. The monoisotopic (exact) mass is 424 g/mol. The van der Waals surface area contributed by atoms with E-state index in [0.29, 0.717) is 18.7 Å². The molecule has 0 aliphatic carbocycles. The first-order valence-electron chi connectivity index (χ1n) is 9.25. The molecule has 2 heterocycles.